The van der Waals surface area contributed by atoms with Crippen molar-refractivity contribution in [3.8, 4) is 0 Å². The van der Waals surface area contributed by atoms with Crippen molar-refractivity contribution < 1.29 is 14.6 Å². The van der Waals surface area contributed by atoms with E-state index < -0.39 is 0 Å². The summed E-state index contributed by atoms with van der Waals surface area (Å²) in [6, 6.07) is -0.188. The van der Waals surface area contributed by atoms with Gasteiger partial charge in [-0.25, -0.2) is 0 Å². The number of amides is 1. The molecule has 5 heteroatoms. The van der Waals surface area contributed by atoms with Crippen LogP contribution in [0.1, 0.15) is 13.8 Å². The van der Waals surface area contributed by atoms with E-state index in [9.17, 15) is 4.79 Å². The fourth-order valence-electron chi connectivity index (χ4n) is 1.59. The number of nitrogens with one attached hydrogen (secondary N) is 1. The molecule has 0 bridgehead atoms. The van der Waals surface area contributed by atoms with Gasteiger partial charge in [-0.15, -0.1) is 0 Å². The van der Waals surface area contributed by atoms with Crippen LogP contribution in [0.25, 0.3) is 0 Å². The number of morpholine rings is 1. The lowest BCUT2D eigenvalue weighted by atomic mass is 10.2. The lowest BCUT2D eigenvalue weighted by molar-refractivity contribution is -0.137. The van der Waals surface area contributed by atoms with Gasteiger partial charge in [-0.3, -0.25) is 4.79 Å². The van der Waals surface area contributed by atoms with Crippen LogP contribution in [0.15, 0.2) is 0 Å². The van der Waals surface area contributed by atoms with Gasteiger partial charge in [0, 0.05) is 26.2 Å². The van der Waals surface area contributed by atoms with Crippen LogP contribution in [-0.2, 0) is 9.53 Å². The van der Waals surface area contributed by atoms with E-state index in [0.29, 0.717) is 32.8 Å². The quantitative estimate of drug-likeness (QED) is 0.665. The molecule has 1 fully saturated rings. The van der Waals surface area contributed by atoms with Gasteiger partial charge in [-0.2, -0.15) is 0 Å². The van der Waals surface area contributed by atoms with Crippen molar-refractivity contribution in [2.24, 2.45) is 5.92 Å². The molecule has 0 aromatic heterocycles. The average Bonchev–Trinajstić information content (AvgIpc) is 2.35. The van der Waals surface area contributed by atoms with Gasteiger partial charge in [0.25, 0.3) is 0 Å². The van der Waals surface area contributed by atoms with Crippen molar-refractivity contribution >= 4 is 5.91 Å². The number of hydrogen-bond donors (Lipinski definition) is 2. The Balaban J connectivity index is 2.29. The molecule has 0 aromatic carbocycles. The number of rotatable bonds is 5. The van der Waals surface area contributed by atoms with Crippen LogP contribution >= 0.6 is 0 Å². The van der Waals surface area contributed by atoms with Gasteiger partial charge in [0.05, 0.1) is 19.3 Å². The molecule has 5 nitrogen and oxygen atoms in total. The van der Waals surface area contributed by atoms with Crippen LogP contribution in [-0.4, -0.2) is 61.4 Å². The molecule has 1 amide bonds. The van der Waals surface area contributed by atoms with Crippen molar-refractivity contribution in [2.45, 2.75) is 19.9 Å². The summed E-state index contributed by atoms with van der Waals surface area (Å²) in [6.07, 6.45) is 0. The number of carbonyl (C=O) groups excluding carboxylic acids is 1. The third-order valence-corrected chi connectivity index (χ3v) is 2.78. The zero-order valence-electron chi connectivity index (χ0n) is 10.1. The van der Waals surface area contributed by atoms with Crippen LogP contribution in [0, 0.1) is 5.92 Å². The highest BCUT2D eigenvalue weighted by Gasteiger charge is 2.22. The SMILES string of the molecule is CC(CO)CNC(C)C(=O)N1CCOCC1. The molecular weight excluding hydrogens is 208 g/mol. The summed E-state index contributed by atoms with van der Waals surface area (Å²) in [6.45, 7) is 7.23. The Hall–Kier alpha value is -0.650. The Labute approximate surface area is 96.8 Å². The van der Waals surface area contributed by atoms with Crippen molar-refractivity contribution in [2.75, 3.05) is 39.5 Å². The predicted octanol–water partition coefficient (Wildman–Crippen LogP) is -0.548. The highest BCUT2D eigenvalue weighted by molar-refractivity contribution is 5.81. The summed E-state index contributed by atoms with van der Waals surface area (Å²) in [4.78, 5) is 13.8. The van der Waals surface area contributed by atoms with Gasteiger partial charge < -0.3 is 20.1 Å². The van der Waals surface area contributed by atoms with Crippen LogP contribution in [0.3, 0.4) is 0 Å². The Morgan fingerprint density at radius 2 is 2.06 bits per heavy atom. The zero-order chi connectivity index (χ0) is 12.0. The maximum atomic E-state index is 11.9. The minimum absolute atomic E-state index is 0.119. The maximum absolute atomic E-state index is 11.9. The lowest BCUT2D eigenvalue weighted by Gasteiger charge is -2.29. The Bertz CT molecular complexity index is 217. The molecule has 0 aromatic rings. The second kappa shape index (κ2) is 6.83. The van der Waals surface area contributed by atoms with Gasteiger partial charge in [0.1, 0.15) is 0 Å². The highest BCUT2D eigenvalue weighted by atomic mass is 16.5. The van der Waals surface area contributed by atoms with E-state index in [1.807, 2.05) is 18.7 Å². The summed E-state index contributed by atoms with van der Waals surface area (Å²) in [5, 5.41) is 12.0. The largest absolute Gasteiger partial charge is 0.396 e. The number of aliphatic hydroxyl groups excluding tert-OH is 1. The number of aliphatic hydroxyl groups is 1. The van der Waals surface area contributed by atoms with Crippen LogP contribution in [0.5, 0.6) is 0 Å². The molecule has 1 aliphatic heterocycles. The number of carbonyl (C=O) groups is 1. The van der Waals surface area contributed by atoms with Crippen LogP contribution in [0.4, 0.5) is 0 Å². The molecule has 1 aliphatic rings. The average molecular weight is 230 g/mol. The Morgan fingerprint density at radius 1 is 1.44 bits per heavy atom. The van der Waals surface area contributed by atoms with E-state index in [4.69, 9.17) is 9.84 Å². The van der Waals surface area contributed by atoms with E-state index in [1.54, 1.807) is 0 Å². The third-order valence-electron chi connectivity index (χ3n) is 2.78. The third kappa shape index (κ3) is 4.08. The van der Waals surface area contributed by atoms with E-state index in [2.05, 4.69) is 5.32 Å². The standard InChI is InChI=1S/C11H22N2O3/c1-9(8-14)7-12-10(2)11(15)13-3-5-16-6-4-13/h9-10,12,14H,3-8H2,1-2H3. The first-order valence-corrected chi connectivity index (χ1v) is 5.86. The lowest BCUT2D eigenvalue weighted by Crippen LogP contribution is -2.49. The Morgan fingerprint density at radius 3 is 2.62 bits per heavy atom. The predicted molar refractivity (Wildman–Crippen MR) is 61.1 cm³/mol. The van der Waals surface area contributed by atoms with Gasteiger partial charge in [0.2, 0.25) is 5.91 Å². The van der Waals surface area contributed by atoms with Crippen LogP contribution in [0.2, 0.25) is 0 Å². The number of ether oxygens (including phenoxy) is 1. The first kappa shape index (κ1) is 13.4. The summed E-state index contributed by atoms with van der Waals surface area (Å²) < 4.78 is 5.20. The van der Waals surface area contributed by atoms with Crippen molar-refractivity contribution in [1.82, 2.24) is 10.2 Å². The van der Waals surface area contributed by atoms with Crippen LogP contribution < -0.4 is 5.32 Å². The molecule has 1 saturated heterocycles. The maximum Gasteiger partial charge on any atom is 0.239 e. The van der Waals surface area contributed by atoms with Gasteiger partial charge in [0.15, 0.2) is 0 Å². The second-order valence-corrected chi connectivity index (χ2v) is 4.36. The summed E-state index contributed by atoms with van der Waals surface area (Å²) >= 11 is 0. The first-order valence-electron chi connectivity index (χ1n) is 5.86. The van der Waals surface area contributed by atoms with Crippen molar-refractivity contribution in [3.63, 3.8) is 0 Å². The normalized spacial score (nSPS) is 20.6. The Kier molecular flexibility index (Phi) is 5.73. The topological polar surface area (TPSA) is 61.8 Å². The fourth-order valence-corrected chi connectivity index (χ4v) is 1.59. The van der Waals surface area contributed by atoms with Gasteiger partial charge >= 0.3 is 0 Å². The van der Waals surface area contributed by atoms with E-state index in [-0.39, 0.29) is 24.5 Å². The molecule has 1 heterocycles. The van der Waals surface area contributed by atoms with Gasteiger partial charge in [-0.1, -0.05) is 6.92 Å². The first-order chi connectivity index (χ1) is 7.65. The molecule has 0 aliphatic carbocycles. The van der Waals surface area contributed by atoms with Gasteiger partial charge in [-0.05, 0) is 12.8 Å². The summed E-state index contributed by atoms with van der Waals surface area (Å²) in [7, 11) is 0. The van der Waals surface area contributed by atoms with Crippen molar-refractivity contribution in [1.29, 1.82) is 0 Å². The molecule has 2 unspecified atom stereocenters. The summed E-state index contributed by atoms with van der Waals surface area (Å²) in [5.74, 6) is 0.299. The number of nitrogens with zero attached hydrogens (tertiary/aromatic N) is 1. The minimum Gasteiger partial charge on any atom is -0.396 e. The van der Waals surface area contributed by atoms with E-state index >= 15 is 0 Å². The molecule has 0 saturated carbocycles. The molecular formula is C11H22N2O3. The highest BCUT2D eigenvalue weighted by Crippen LogP contribution is 2.01. The molecule has 2 N–H and O–H groups in total. The van der Waals surface area contributed by atoms with Crippen molar-refractivity contribution in [3.05, 3.63) is 0 Å². The molecule has 0 spiro atoms. The molecule has 94 valence electrons. The zero-order valence-corrected chi connectivity index (χ0v) is 10.1. The molecule has 0 radical (unpaired) electrons. The smallest absolute Gasteiger partial charge is 0.239 e. The molecule has 2 atom stereocenters. The monoisotopic (exact) mass is 230 g/mol. The minimum atomic E-state index is -0.188. The molecule has 1 rings (SSSR count). The number of hydrogen-bond acceptors (Lipinski definition) is 4. The second-order valence-electron chi connectivity index (χ2n) is 4.36. The summed E-state index contributed by atoms with van der Waals surface area (Å²) in [5.41, 5.74) is 0. The van der Waals surface area contributed by atoms with E-state index in [0.717, 1.165) is 0 Å². The molecule has 16 heavy (non-hydrogen) atoms. The van der Waals surface area contributed by atoms with E-state index in [1.165, 1.54) is 0 Å². The fraction of sp³-hybridized carbons (Fsp3) is 0.909.